The lowest BCUT2D eigenvalue weighted by molar-refractivity contribution is -0.160. The van der Waals surface area contributed by atoms with Crippen molar-refractivity contribution < 1.29 is 14.3 Å². The van der Waals surface area contributed by atoms with Crippen molar-refractivity contribution >= 4 is 5.97 Å². The lowest BCUT2D eigenvalue weighted by Crippen LogP contribution is -2.28. The Kier molecular flexibility index (Phi) is 5.19. The number of hydrogen-bond acceptors (Lipinski definition) is 3. The zero-order chi connectivity index (χ0) is 10.3. The molecule has 0 atom stereocenters. The van der Waals surface area contributed by atoms with Gasteiger partial charge in [-0.3, -0.25) is 0 Å². The van der Waals surface area contributed by atoms with Crippen molar-refractivity contribution in [2.24, 2.45) is 0 Å². The minimum Gasteiger partial charge on any atom is -0.490 e. The predicted molar refractivity (Wildman–Crippen MR) is 51.2 cm³/mol. The van der Waals surface area contributed by atoms with Crippen LogP contribution in [0.4, 0.5) is 0 Å². The van der Waals surface area contributed by atoms with E-state index < -0.39 is 5.60 Å². The number of carbonyl (C=O) groups excluding carboxylic acids is 1. The molecule has 0 fully saturated rings. The molecule has 0 saturated heterocycles. The van der Waals surface area contributed by atoms with Gasteiger partial charge in [0.15, 0.2) is 6.61 Å². The van der Waals surface area contributed by atoms with Gasteiger partial charge in [0, 0.05) is 0 Å². The fourth-order valence-electron chi connectivity index (χ4n) is 0.622. The smallest absolute Gasteiger partial charge is 0.344 e. The summed E-state index contributed by atoms with van der Waals surface area (Å²) in [5, 5.41) is 0. The first-order chi connectivity index (χ1) is 6.02. The van der Waals surface area contributed by atoms with Gasteiger partial charge in [-0.15, -0.1) is 0 Å². The highest BCUT2D eigenvalue weighted by Crippen LogP contribution is 2.13. The SMILES string of the molecule is CC=COCC(=O)OC(C)(C)CC. The van der Waals surface area contributed by atoms with Gasteiger partial charge < -0.3 is 9.47 Å². The predicted octanol–water partition coefficient (Wildman–Crippen LogP) is 2.27. The van der Waals surface area contributed by atoms with E-state index in [2.05, 4.69) is 0 Å². The maximum atomic E-state index is 11.1. The number of allylic oxidation sites excluding steroid dienone is 1. The second-order valence-corrected chi connectivity index (χ2v) is 3.37. The molecule has 13 heavy (non-hydrogen) atoms. The van der Waals surface area contributed by atoms with E-state index in [1.807, 2.05) is 27.7 Å². The van der Waals surface area contributed by atoms with E-state index in [1.54, 1.807) is 6.08 Å². The van der Waals surface area contributed by atoms with Crippen LogP contribution in [0.5, 0.6) is 0 Å². The molecule has 0 heterocycles. The van der Waals surface area contributed by atoms with Crippen LogP contribution in [0.3, 0.4) is 0 Å². The van der Waals surface area contributed by atoms with Crippen molar-refractivity contribution in [1.82, 2.24) is 0 Å². The van der Waals surface area contributed by atoms with Crippen LogP contribution in [0.15, 0.2) is 12.3 Å². The molecule has 0 aliphatic heterocycles. The first-order valence-electron chi connectivity index (χ1n) is 4.46. The first kappa shape index (κ1) is 12.0. The minimum absolute atomic E-state index is 0.0201. The highest BCUT2D eigenvalue weighted by Gasteiger charge is 2.19. The zero-order valence-electron chi connectivity index (χ0n) is 8.79. The maximum Gasteiger partial charge on any atom is 0.344 e. The Labute approximate surface area is 79.7 Å². The van der Waals surface area contributed by atoms with Crippen molar-refractivity contribution in [3.8, 4) is 0 Å². The Hall–Kier alpha value is -0.990. The number of rotatable bonds is 5. The highest BCUT2D eigenvalue weighted by molar-refractivity contribution is 5.71. The highest BCUT2D eigenvalue weighted by atomic mass is 16.6. The van der Waals surface area contributed by atoms with Crippen molar-refractivity contribution in [1.29, 1.82) is 0 Å². The van der Waals surface area contributed by atoms with Gasteiger partial charge in [-0.25, -0.2) is 4.79 Å². The van der Waals surface area contributed by atoms with Gasteiger partial charge in [0.25, 0.3) is 0 Å². The summed E-state index contributed by atoms with van der Waals surface area (Å²) in [7, 11) is 0. The average Bonchev–Trinajstić information content (AvgIpc) is 2.04. The van der Waals surface area contributed by atoms with E-state index in [1.165, 1.54) is 6.26 Å². The Morgan fingerprint density at radius 2 is 2.08 bits per heavy atom. The van der Waals surface area contributed by atoms with E-state index >= 15 is 0 Å². The van der Waals surface area contributed by atoms with Crippen LogP contribution < -0.4 is 0 Å². The van der Waals surface area contributed by atoms with Crippen molar-refractivity contribution in [3.05, 3.63) is 12.3 Å². The van der Waals surface area contributed by atoms with Crippen LogP contribution in [0, 0.1) is 0 Å². The molecular weight excluding hydrogens is 168 g/mol. The molecule has 0 aliphatic carbocycles. The van der Waals surface area contributed by atoms with Crippen LogP contribution in [0.2, 0.25) is 0 Å². The van der Waals surface area contributed by atoms with Crippen molar-refractivity contribution in [2.75, 3.05) is 6.61 Å². The molecule has 0 saturated carbocycles. The molecule has 0 aliphatic rings. The summed E-state index contributed by atoms with van der Waals surface area (Å²) in [6, 6.07) is 0. The van der Waals surface area contributed by atoms with Crippen molar-refractivity contribution in [2.45, 2.75) is 39.7 Å². The molecule has 0 N–H and O–H groups in total. The van der Waals surface area contributed by atoms with Crippen LogP contribution in [0.1, 0.15) is 34.1 Å². The largest absolute Gasteiger partial charge is 0.490 e. The third-order valence-corrected chi connectivity index (χ3v) is 1.68. The molecule has 0 rings (SSSR count). The molecule has 0 aromatic rings. The summed E-state index contributed by atoms with van der Waals surface area (Å²) in [5.74, 6) is -0.329. The lowest BCUT2D eigenvalue weighted by atomic mass is 10.1. The third kappa shape index (κ3) is 6.20. The van der Waals surface area contributed by atoms with Crippen LogP contribution >= 0.6 is 0 Å². The Morgan fingerprint density at radius 1 is 1.46 bits per heavy atom. The lowest BCUT2D eigenvalue weighted by Gasteiger charge is -2.22. The average molecular weight is 186 g/mol. The molecule has 0 bridgehead atoms. The van der Waals surface area contributed by atoms with Gasteiger partial charge in [-0.05, 0) is 27.2 Å². The number of carbonyl (C=O) groups is 1. The number of esters is 1. The van der Waals surface area contributed by atoms with E-state index in [9.17, 15) is 4.79 Å². The topological polar surface area (TPSA) is 35.5 Å². The molecular formula is C10H18O3. The molecule has 0 aromatic carbocycles. The second-order valence-electron chi connectivity index (χ2n) is 3.37. The Balaban J connectivity index is 3.74. The van der Waals surface area contributed by atoms with Gasteiger partial charge in [-0.2, -0.15) is 0 Å². The molecule has 76 valence electrons. The van der Waals surface area contributed by atoms with Crippen LogP contribution in [-0.2, 0) is 14.3 Å². The Bertz CT molecular complexity index is 183. The third-order valence-electron chi connectivity index (χ3n) is 1.68. The molecule has 0 unspecified atom stereocenters. The summed E-state index contributed by atoms with van der Waals surface area (Å²) < 4.78 is 10.0. The summed E-state index contributed by atoms with van der Waals surface area (Å²) >= 11 is 0. The van der Waals surface area contributed by atoms with E-state index in [0.717, 1.165) is 6.42 Å². The van der Waals surface area contributed by atoms with Crippen molar-refractivity contribution in [3.63, 3.8) is 0 Å². The number of ether oxygens (including phenoxy) is 2. The van der Waals surface area contributed by atoms with Gasteiger partial charge in [0.2, 0.25) is 0 Å². The van der Waals surface area contributed by atoms with Gasteiger partial charge in [0.05, 0.1) is 6.26 Å². The van der Waals surface area contributed by atoms with Gasteiger partial charge in [-0.1, -0.05) is 13.0 Å². The summed E-state index contributed by atoms with van der Waals surface area (Å²) in [6.07, 6.45) is 3.99. The van der Waals surface area contributed by atoms with Gasteiger partial charge in [0.1, 0.15) is 5.60 Å². The normalized spacial score (nSPS) is 11.7. The zero-order valence-corrected chi connectivity index (χ0v) is 8.79. The van der Waals surface area contributed by atoms with E-state index in [-0.39, 0.29) is 12.6 Å². The molecule has 0 radical (unpaired) electrons. The second kappa shape index (κ2) is 5.62. The fourth-order valence-corrected chi connectivity index (χ4v) is 0.622. The monoisotopic (exact) mass is 186 g/mol. The fraction of sp³-hybridized carbons (Fsp3) is 0.700. The number of hydrogen-bond donors (Lipinski definition) is 0. The molecule has 3 nitrogen and oxygen atoms in total. The molecule has 0 amide bonds. The quantitative estimate of drug-likeness (QED) is 0.488. The van der Waals surface area contributed by atoms with E-state index in [0.29, 0.717) is 0 Å². The van der Waals surface area contributed by atoms with E-state index in [4.69, 9.17) is 9.47 Å². The molecule has 0 aromatic heterocycles. The van der Waals surface area contributed by atoms with Crippen LogP contribution in [0.25, 0.3) is 0 Å². The molecule has 0 spiro atoms. The maximum absolute atomic E-state index is 11.1. The summed E-state index contributed by atoms with van der Waals surface area (Å²) in [4.78, 5) is 11.1. The first-order valence-corrected chi connectivity index (χ1v) is 4.46. The summed E-state index contributed by atoms with van der Waals surface area (Å²) in [5.41, 5.74) is -0.392. The van der Waals surface area contributed by atoms with Gasteiger partial charge >= 0.3 is 5.97 Å². The van der Waals surface area contributed by atoms with Crippen LogP contribution in [-0.4, -0.2) is 18.2 Å². The Morgan fingerprint density at radius 3 is 2.54 bits per heavy atom. The standard InChI is InChI=1S/C10H18O3/c1-5-7-12-8-9(11)13-10(3,4)6-2/h5,7H,6,8H2,1-4H3. The summed E-state index contributed by atoms with van der Waals surface area (Å²) in [6.45, 7) is 7.52. The minimum atomic E-state index is -0.392. The molecule has 3 heteroatoms.